The minimum Gasteiger partial charge on any atom is -0.0915 e. The molecule has 0 radical (unpaired) electrons. The predicted molar refractivity (Wildman–Crippen MR) is 117 cm³/mol. The molecule has 0 aromatic carbocycles. The fraction of sp³-hybridized carbons (Fsp3) is 0.500. The van der Waals surface area contributed by atoms with Gasteiger partial charge in [-0.2, -0.15) is 0 Å². The van der Waals surface area contributed by atoms with Crippen molar-refractivity contribution in [3.63, 3.8) is 0 Å². The Morgan fingerprint density at radius 1 is 0.792 bits per heavy atom. The lowest BCUT2D eigenvalue weighted by Crippen LogP contribution is -1.94. The Balaban J connectivity index is -0.000000786. The quantitative estimate of drug-likeness (QED) is 0.442. The van der Waals surface area contributed by atoms with Gasteiger partial charge in [-0.1, -0.05) is 82.2 Å². The predicted octanol–water partition coefficient (Wildman–Crippen LogP) is 8.76. The molecule has 0 nitrogen and oxygen atoms in total. The Labute approximate surface area is 153 Å². The number of hydrogen-bond donors (Lipinski definition) is 0. The van der Waals surface area contributed by atoms with Crippen molar-refractivity contribution in [2.24, 2.45) is 0 Å². The summed E-state index contributed by atoms with van der Waals surface area (Å²) in [6.07, 6.45) is 11.9. The van der Waals surface area contributed by atoms with Crippen molar-refractivity contribution in [3.05, 3.63) is 70.4 Å². The molecule has 0 aliphatic heterocycles. The molecule has 0 aliphatic rings. The molecule has 0 fully saturated rings. The van der Waals surface area contributed by atoms with Crippen LogP contribution >= 0.6 is 0 Å². The van der Waals surface area contributed by atoms with E-state index in [1.165, 1.54) is 34.3 Å². The largest absolute Gasteiger partial charge is 0.0915 e. The molecule has 138 valence electrons. The van der Waals surface area contributed by atoms with E-state index in [2.05, 4.69) is 86.3 Å². The van der Waals surface area contributed by atoms with Crippen molar-refractivity contribution in [2.45, 2.75) is 82.6 Å². The zero-order chi connectivity index (χ0) is 19.7. The second-order valence-corrected chi connectivity index (χ2v) is 5.91. The van der Waals surface area contributed by atoms with Crippen molar-refractivity contribution in [1.82, 2.24) is 0 Å². The molecule has 0 aliphatic carbocycles. The van der Waals surface area contributed by atoms with E-state index in [-0.39, 0.29) is 0 Å². The third kappa shape index (κ3) is 12.9. The summed E-state index contributed by atoms with van der Waals surface area (Å²) in [5.41, 5.74) is 7.46. The molecule has 0 spiro atoms. The summed E-state index contributed by atoms with van der Waals surface area (Å²) < 4.78 is 0. The summed E-state index contributed by atoms with van der Waals surface area (Å²) in [7, 11) is 0. The van der Waals surface area contributed by atoms with Gasteiger partial charge in [0.25, 0.3) is 0 Å². The molecule has 0 bridgehead atoms. The summed E-state index contributed by atoms with van der Waals surface area (Å²) >= 11 is 0. The zero-order valence-electron chi connectivity index (χ0n) is 18.3. The van der Waals surface area contributed by atoms with Crippen LogP contribution in [0.3, 0.4) is 0 Å². The topological polar surface area (TPSA) is 0 Å². The van der Waals surface area contributed by atoms with Gasteiger partial charge in [0.1, 0.15) is 0 Å². The minimum atomic E-state index is 1.07. The molecule has 0 heterocycles. The van der Waals surface area contributed by atoms with E-state index in [1.807, 2.05) is 26.8 Å². The summed E-state index contributed by atoms with van der Waals surface area (Å²) in [4.78, 5) is 0. The summed E-state index contributed by atoms with van der Waals surface area (Å²) in [5.74, 6) is 0. The van der Waals surface area contributed by atoms with E-state index >= 15 is 0 Å². The third-order valence-electron chi connectivity index (χ3n) is 2.85. The van der Waals surface area contributed by atoms with Crippen LogP contribution in [0.1, 0.15) is 82.6 Å². The molecule has 0 saturated heterocycles. The molecular formula is C24H42. The first-order valence-electron chi connectivity index (χ1n) is 9.24. The smallest absolute Gasteiger partial charge is 0.0150 e. The highest BCUT2D eigenvalue weighted by Crippen LogP contribution is 2.26. The lowest BCUT2D eigenvalue weighted by molar-refractivity contribution is 1.09. The van der Waals surface area contributed by atoms with Gasteiger partial charge in [-0.15, -0.1) is 0 Å². The van der Waals surface area contributed by atoms with Gasteiger partial charge in [-0.25, -0.2) is 0 Å². The Bertz CT molecular complexity index is 480. The van der Waals surface area contributed by atoms with Gasteiger partial charge in [0.15, 0.2) is 0 Å². The van der Waals surface area contributed by atoms with E-state index in [1.54, 1.807) is 0 Å². The van der Waals surface area contributed by atoms with Crippen molar-refractivity contribution in [1.29, 1.82) is 0 Å². The maximum atomic E-state index is 4.15. The van der Waals surface area contributed by atoms with Gasteiger partial charge in [-0.05, 0) is 70.8 Å². The van der Waals surface area contributed by atoms with Crippen LogP contribution in [0.2, 0.25) is 0 Å². The molecule has 0 unspecified atom stereocenters. The second-order valence-electron chi connectivity index (χ2n) is 5.91. The standard InChI is InChI=1S/C19H28.C3H8.C2H6/c1-9-11-16(7)17(8)19(13-14(3)4)18(12-10-2)15(5)6;1-3-2;1-2/h9-13H,7H2,1-6,8H3;3H2,1-2H3;1-2H3/b11-9-,12-10-,19-17-;;. The number of hydrogen-bond acceptors (Lipinski definition) is 0. The van der Waals surface area contributed by atoms with Crippen LogP contribution in [0.15, 0.2) is 70.4 Å². The molecule has 0 amide bonds. The van der Waals surface area contributed by atoms with Gasteiger partial charge < -0.3 is 0 Å². The first-order chi connectivity index (χ1) is 11.3. The first-order valence-corrected chi connectivity index (χ1v) is 9.24. The average molecular weight is 331 g/mol. The Hall–Kier alpha value is -1.56. The molecule has 0 atom stereocenters. The maximum absolute atomic E-state index is 4.15. The van der Waals surface area contributed by atoms with Crippen LogP contribution in [-0.2, 0) is 0 Å². The molecule has 24 heavy (non-hydrogen) atoms. The SMILES string of the molecule is C=C(/C=C\C)/C(C)=C(/C=C(C)C)C(/C=C\C)=C(C)C.CC.CCC. The van der Waals surface area contributed by atoms with Crippen LogP contribution in [-0.4, -0.2) is 0 Å². The van der Waals surface area contributed by atoms with E-state index in [0.29, 0.717) is 0 Å². The van der Waals surface area contributed by atoms with Crippen LogP contribution in [0.4, 0.5) is 0 Å². The minimum absolute atomic E-state index is 1.07. The fourth-order valence-electron chi connectivity index (χ4n) is 1.87. The maximum Gasteiger partial charge on any atom is -0.0150 e. The Kier molecular flexibility index (Phi) is 20.2. The molecule has 0 saturated carbocycles. The average Bonchev–Trinajstić information content (AvgIpc) is 2.52. The summed E-state index contributed by atoms with van der Waals surface area (Å²) in [6, 6.07) is 0. The molecule has 0 aromatic heterocycles. The highest BCUT2D eigenvalue weighted by molar-refractivity contribution is 5.57. The zero-order valence-corrected chi connectivity index (χ0v) is 18.3. The van der Waals surface area contributed by atoms with Crippen LogP contribution in [0, 0.1) is 0 Å². The van der Waals surface area contributed by atoms with E-state index in [0.717, 1.165) is 5.57 Å². The van der Waals surface area contributed by atoms with Gasteiger partial charge >= 0.3 is 0 Å². The lowest BCUT2D eigenvalue weighted by atomic mass is 9.91. The van der Waals surface area contributed by atoms with Crippen LogP contribution < -0.4 is 0 Å². The molecule has 0 N–H and O–H groups in total. The van der Waals surface area contributed by atoms with Crippen LogP contribution in [0.25, 0.3) is 0 Å². The fourth-order valence-corrected chi connectivity index (χ4v) is 1.87. The highest BCUT2D eigenvalue weighted by Gasteiger charge is 2.07. The van der Waals surface area contributed by atoms with E-state index in [4.69, 9.17) is 0 Å². The van der Waals surface area contributed by atoms with Crippen molar-refractivity contribution >= 4 is 0 Å². The van der Waals surface area contributed by atoms with E-state index < -0.39 is 0 Å². The lowest BCUT2D eigenvalue weighted by Gasteiger charge is -2.13. The monoisotopic (exact) mass is 330 g/mol. The van der Waals surface area contributed by atoms with Crippen LogP contribution in [0.5, 0.6) is 0 Å². The van der Waals surface area contributed by atoms with Crippen molar-refractivity contribution in [3.8, 4) is 0 Å². The van der Waals surface area contributed by atoms with Gasteiger partial charge in [0, 0.05) is 0 Å². The molecule has 0 aromatic rings. The van der Waals surface area contributed by atoms with E-state index in [9.17, 15) is 0 Å². The summed E-state index contributed by atoms with van der Waals surface area (Å²) in [6.45, 7) is 27.2. The van der Waals surface area contributed by atoms with Crippen molar-refractivity contribution < 1.29 is 0 Å². The van der Waals surface area contributed by atoms with Gasteiger partial charge in [0.05, 0.1) is 0 Å². The van der Waals surface area contributed by atoms with Crippen molar-refractivity contribution in [2.75, 3.05) is 0 Å². The third-order valence-corrected chi connectivity index (χ3v) is 2.85. The first kappa shape index (κ1) is 27.3. The molecule has 0 rings (SSSR count). The normalized spacial score (nSPS) is 11.0. The van der Waals surface area contributed by atoms with Gasteiger partial charge in [-0.3, -0.25) is 0 Å². The second kappa shape index (κ2) is 17.8. The highest BCUT2D eigenvalue weighted by atomic mass is 14.1. The molecular weight excluding hydrogens is 288 g/mol. The Morgan fingerprint density at radius 3 is 1.50 bits per heavy atom. The summed E-state index contributed by atoms with van der Waals surface area (Å²) in [5, 5.41) is 0. The number of rotatable bonds is 5. The van der Waals surface area contributed by atoms with Gasteiger partial charge in [0.2, 0.25) is 0 Å². The Morgan fingerprint density at radius 2 is 1.21 bits per heavy atom. The molecule has 0 heteroatoms. The number of allylic oxidation sites excluding steroid dienone is 11.